The molecule has 1 unspecified atom stereocenters. The Hall–Kier alpha value is -1.83. The molecule has 94 valence electrons. The van der Waals surface area contributed by atoms with Crippen molar-refractivity contribution >= 4 is 11.8 Å². The zero-order chi connectivity index (χ0) is 12.8. The molecule has 0 radical (unpaired) electrons. The Morgan fingerprint density at radius 2 is 2.24 bits per heavy atom. The highest BCUT2D eigenvalue weighted by molar-refractivity contribution is 5.86. The number of aliphatic hydroxyl groups excluding tert-OH is 1. The Morgan fingerprint density at radius 3 is 2.71 bits per heavy atom. The average molecular weight is 247 g/mol. The van der Waals surface area contributed by atoms with E-state index in [0.29, 0.717) is 0 Å². The number of halogens is 2. The maximum atomic E-state index is 12.0. The number of hydrogen-bond donors (Lipinski definition) is 2. The lowest BCUT2D eigenvalue weighted by Crippen LogP contribution is -2.27. The third-order valence-electron chi connectivity index (χ3n) is 1.83. The predicted octanol–water partition coefficient (Wildman–Crippen LogP) is 0.301. The van der Waals surface area contributed by atoms with Crippen molar-refractivity contribution in [1.82, 2.24) is 9.97 Å². The molecule has 0 aliphatic rings. The van der Waals surface area contributed by atoms with Gasteiger partial charge in [0.25, 0.3) is 6.43 Å². The number of nitrogens with one attached hydrogen (secondary N) is 1. The number of methoxy groups -OCH3 is 1. The van der Waals surface area contributed by atoms with Gasteiger partial charge in [0.1, 0.15) is 11.9 Å². The second kappa shape index (κ2) is 6.04. The molecule has 0 aliphatic heterocycles. The fourth-order valence-electron chi connectivity index (χ4n) is 0.928. The molecule has 1 aromatic heterocycles. The number of nitrogens with zero attached hydrogens (tertiary/aromatic N) is 2. The molecule has 0 bridgehead atoms. The van der Waals surface area contributed by atoms with Crippen LogP contribution in [0.1, 0.15) is 10.5 Å². The Morgan fingerprint density at radius 1 is 1.53 bits per heavy atom. The minimum Gasteiger partial charge on any atom is -0.464 e. The average Bonchev–Trinajstić information content (AvgIpc) is 2.35. The largest absolute Gasteiger partial charge is 0.464 e. The smallest absolute Gasteiger partial charge is 0.358 e. The van der Waals surface area contributed by atoms with E-state index in [2.05, 4.69) is 20.0 Å². The van der Waals surface area contributed by atoms with Crippen LogP contribution in [0.5, 0.6) is 0 Å². The number of aromatic nitrogens is 2. The molecule has 17 heavy (non-hydrogen) atoms. The van der Waals surface area contributed by atoms with E-state index < -0.39 is 18.5 Å². The molecule has 1 heterocycles. The van der Waals surface area contributed by atoms with Gasteiger partial charge in [-0.2, -0.15) is 0 Å². The van der Waals surface area contributed by atoms with E-state index in [-0.39, 0.29) is 18.1 Å². The van der Waals surface area contributed by atoms with Crippen LogP contribution in [-0.2, 0) is 4.74 Å². The van der Waals surface area contributed by atoms with Gasteiger partial charge in [0.15, 0.2) is 5.69 Å². The summed E-state index contributed by atoms with van der Waals surface area (Å²) in [5.41, 5.74) is 0.00691. The van der Waals surface area contributed by atoms with Gasteiger partial charge in [-0.1, -0.05) is 0 Å². The van der Waals surface area contributed by atoms with E-state index in [1.54, 1.807) is 0 Å². The predicted molar refractivity (Wildman–Crippen MR) is 53.9 cm³/mol. The van der Waals surface area contributed by atoms with Gasteiger partial charge in [0.05, 0.1) is 19.5 Å². The van der Waals surface area contributed by atoms with Gasteiger partial charge < -0.3 is 15.2 Å². The molecule has 0 amide bonds. The van der Waals surface area contributed by atoms with E-state index in [1.165, 1.54) is 13.3 Å². The summed E-state index contributed by atoms with van der Waals surface area (Å²) in [7, 11) is 1.20. The van der Waals surface area contributed by atoms with E-state index in [0.717, 1.165) is 6.20 Å². The molecular formula is C9H11F2N3O3. The second-order valence-corrected chi connectivity index (χ2v) is 3.06. The standard InChI is InChI=1S/C9H11F2N3O3/c1-17-9(16)5-2-13-7(4-12-5)14-3-6(15)8(10)11/h2,4,6,8,15H,3H2,1H3,(H,13,14). The van der Waals surface area contributed by atoms with Crippen LogP contribution in [0.25, 0.3) is 0 Å². The molecule has 2 N–H and O–H groups in total. The number of carbonyl (C=O) groups is 1. The fraction of sp³-hybridized carbons (Fsp3) is 0.444. The molecule has 1 aromatic rings. The number of esters is 1. The lowest BCUT2D eigenvalue weighted by molar-refractivity contribution is 0.00380. The van der Waals surface area contributed by atoms with Crippen molar-refractivity contribution in [3.05, 3.63) is 18.1 Å². The summed E-state index contributed by atoms with van der Waals surface area (Å²) < 4.78 is 28.3. The number of ether oxygens (including phenoxy) is 1. The van der Waals surface area contributed by atoms with Crippen LogP contribution in [0, 0.1) is 0 Å². The second-order valence-electron chi connectivity index (χ2n) is 3.06. The van der Waals surface area contributed by atoms with Crippen molar-refractivity contribution < 1.29 is 23.4 Å². The molecule has 0 saturated carbocycles. The summed E-state index contributed by atoms with van der Waals surface area (Å²) in [6.07, 6.45) is -2.28. The molecule has 0 fully saturated rings. The highest BCUT2D eigenvalue weighted by Gasteiger charge is 2.16. The first-order chi connectivity index (χ1) is 8.04. The zero-order valence-corrected chi connectivity index (χ0v) is 8.93. The van der Waals surface area contributed by atoms with Crippen LogP contribution in [-0.4, -0.2) is 47.2 Å². The summed E-state index contributed by atoms with van der Waals surface area (Å²) in [4.78, 5) is 18.4. The Bertz CT molecular complexity index is 372. The molecule has 1 rings (SSSR count). The van der Waals surface area contributed by atoms with E-state index >= 15 is 0 Å². The molecule has 8 heteroatoms. The third-order valence-corrected chi connectivity index (χ3v) is 1.83. The normalized spacial score (nSPS) is 12.3. The SMILES string of the molecule is COC(=O)c1cnc(NCC(O)C(F)F)cn1. The maximum absolute atomic E-state index is 12.0. The van der Waals surface area contributed by atoms with Crippen molar-refractivity contribution in [2.45, 2.75) is 12.5 Å². The topological polar surface area (TPSA) is 84.3 Å². The van der Waals surface area contributed by atoms with Gasteiger partial charge in [0.2, 0.25) is 0 Å². The van der Waals surface area contributed by atoms with Gasteiger partial charge in [-0.3, -0.25) is 0 Å². The molecule has 1 atom stereocenters. The third kappa shape index (κ3) is 3.91. The van der Waals surface area contributed by atoms with E-state index in [4.69, 9.17) is 5.11 Å². The monoisotopic (exact) mass is 247 g/mol. The number of hydrogen-bond acceptors (Lipinski definition) is 6. The van der Waals surface area contributed by atoms with Gasteiger partial charge in [-0.25, -0.2) is 23.5 Å². The van der Waals surface area contributed by atoms with Gasteiger partial charge >= 0.3 is 5.97 Å². The van der Waals surface area contributed by atoms with Crippen LogP contribution < -0.4 is 5.32 Å². The van der Waals surface area contributed by atoms with E-state index in [1.807, 2.05) is 0 Å². The summed E-state index contributed by atoms with van der Waals surface area (Å²) in [6.45, 7) is -0.357. The molecular weight excluding hydrogens is 236 g/mol. The number of anilines is 1. The van der Waals surface area contributed by atoms with Crippen LogP contribution in [0.2, 0.25) is 0 Å². The van der Waals surface area contributed by atoms with E-state index in [9.17, 15) is 13.6 Å². The van der Waals surface area contributed by atoms with Gasteiger partial charge in [0, 0.05) is 6.54 Å². The summed E-state index contributed by atoms with van der Waals surface area (Å²) >= 11 is 0. The van der Waals surface area contributed by atoms with Crippen LogP contribution in [0.4, 0.5) is 14.6 Å². The van der Waals surface area contributed by atoms with Crippen LogP contribution in [0.15, 0.2) is 12.4 Å². The van der Waals surface area contributed by atoms with Crippen molar-refractivity contribution in [2.24, 2.45) is 0 Å². The Labute approximate surface area is 95.6 Å². The number of aliphatic hydroxyl groups is 1. The first kappa shape index (κ1) is 13.2. The molecule has 0 spiro atoms. The fourth-order valence-corrected chi connectivity index (χ4v) is 0.928. The number of carbonyl (C=O) groups excluding carboxylic acids is 1. The first-order valence-corrected chi connectivity index (χ1v) is 4.65. The van der Waals surface area contributed by atoms with Gasteiger partial charge in [-0.15, -0.1) is 0 Å². The zero-order valence-electron chi connectivity index (χ0n) is 8.93. The highest BCUT2D eigenvalue weighted by Crippen LogP contribution is 2.05. The summed E-state index contributed by atoms with van der Waals surface area (Å²) in [6, 6.07) is 0. The van der Waals surface area contributed by atoms with Crippen molar-refractivity contribution in [2.75, 3.05) is 19.0 Å². The molecule has 0 saturated heterocycles. The van der Waals surface area contributed by atoms with Gasteiger partial charge in [-0.05, 0) is 0 Å². The minimum absolute atomic E-state index is 0.00691. The Kier molecular flexibility index (Phi) is 4.70. The minimum atomic E-state index is -2.83. The van der Waals surface area contributed by atoms with Crippen LogP contribution in [0.3, 0.4) is 0 Å². The number of alkyl halides is 2. The quantitative estimate of drug-likeness (QED) is 0.728. The lowest BCUT2D eigenvalue weighted by atomic mass is 10.3. The van der Waals surface area contributed by atoms with Crippen molar-refractivity contribution in [3.63, 3.8) is 0 Å². The summed E-state index contributed by atoms with van der Waals surface area (Å²) in [5.74, 6) is -0.464. The van der Waals surface area contributed by atoms with Crippen molar-refractivity contribution in [3.8, 4) is 0 Å². The maximum Gasteiger partial charge on any atom is 0.358 e. The number of rotatable bonds is 5. The lowest BCUT2D eigenvalue weighted by Gasteiger charge is -2.10. The highest BCUT2D eigenvalue weighted by atomic mass is 19.3. The molecule has 0 aromatic carbocycles. The Balaban J connectivity index is 2.54. The molecule has 6 nitrogen and oxygen atoms in total. The van der Waals surface area contributed by atoms with Crippen LogP contribution >= 0.6 is 0 Å². The summed E-state index contributed by atoms with van der Waals surface area (Å²) in [5, 5.41) is 11.3. The molecule has 0 aliphatic carbocycles. The first-order valence-electron chi connectivity index (χ1n) is 4.65. The van der Waals surface area contributed by atoms with Crippen molar-refractivity contribution in [1.29, 1.82) is 0 Å².